The highest BCUT2D eigenvalue weighted by Gasteiger charge is 2.26. The maximum atomic E-state index is 12.2. The molecule has 7 heteroatoms. The van der Waals surface area contributed by atoms with Crippen molar-refractivity contribution in [2.75, 3.05) is 6.61 Å². The Morgan fingerprint density at radius 2 is 1.83 bits per heavy atom. The molecule has 0 radical (unpaired) electrons. The van der Waals surface area contributed by atoms with Gasteiger partial charge < -0.3 is 10.1 Å². The average Bonchev–Trinajstić information content (AvgIpc) is 3.02. The number of amides is 1. The molecule has 0 saturated carbocycles. The van der Waals surface area contributed by atoms with Crippen molar-refractivity contribution in [2.45, 2.75) is 71.8 Å². The Bertz CT molecular complexity index is 909. The molecule has 160 valence electrons. The highest BCUT2D eigenvalue weighted by atomic mass is 16.5. The average molecular weight is 403 g/mol. The zero-order valence-electron chi connectivity index (χ0n) is 18.7. The van der Waals surface area contributed by atoms with Crippen LogP contribution in [0.4, 0.5) is 0 Å². The van der Waals surface area contributed by atoms with Crippen molar-refractivity contribution >= 4 is 5.91 Å². The Kier molecular flexibility index (Phi) is 6.93. The third-order valence-corrected chi connectivity index (χ3v) is 6.03. The van der Waals surface area contributed by atoms with Gasteiger partial charge in [-0.25, -0.2) is 9.89 Å². The maximum absolute atomic E-state index is 12.2. The summed E-state index contributed by atoms with van der Waals surface area (Å²) in [6, 6.07) is 6.29. The SMILES string of the molecule is CCC(C)(C)c1ccc(OCC(=O)NCc2n[nH]c(=O)n2C)c(C(C)(C)CC)c1. The molecule has 1 aromatic carbocycles. The second-order valence-corrected chi connectivity index (χ2v) is 8.76. The van der Waals surface area contributed by atoms with E-state index in [9.17, 15) is 9.59 Å². The predicted molar refractivity (Wildman–Crippen MR) is 114 cm³/mol. The first-order chi connectivity index (χ1) is 13.5. The van der Waals surface area contributed by atoms with Crippen molar-refractivity contribution in [1.29, 1.82) is 0 Å². The number of ether oxygens (including phenoxy) is 1. The fraction of sp³-hybridized carbons (Fsp3) is 0.591. The quantitative estimate of drug-likeness (QED) is 0.674. The van der Waals surface area contributed by atoms with Gasteiger partial charge in [0.25, 0.3) is 5.91 Å². The van der Waals surface area contributed by atoms with Crippen LogP contribution in [0.3, 0.4) is 0 Å². The van der Waals surface area contributed by atoms with Crippen LogP contribution < -0.4 is 15.7 Å². The molecule has 0 aliphatic heterocycles. The number of nitrogens with zero attached hydrogens (tertiary/aromatic N) is 2. The summed E-state index contributed by atoms with van der Waals surface area (Å²) in [5, 5.41) is 8.95. The molecule has 7 nitrogen and oxygen atoms in total. The minimum atomic E-state index is -0.313. The topological polar surface area (TPSA) is 89.0 Å². The van der Waals surface area contributed by atoms with E-state index in [-0.39, 0.29) is 35.6 Å². The van der Waals surface area contributed by atoms with Gasteiger partial charge in [-0.15, -0.1) is 0 Å². The van der Waals surface area contributed by atoms with E-state index in [0.717, 1.165) is 24.2 Å². The number of aromatic nitrogens is 3. The van der Waals surface area contributed by atoms with Crippen LogP contribution in [0, 0.1) is 0 Å². The van der Waals surface area contributed by atoms with Crippen LogP contribution in [0.2, 0.25) is 0 Å². The van der Waals surface area contributed by atoms with Gasteiger partial charge >= 0.3 is 5.69 Å². The van der Waals surface area contributed by atoms with E-state index in [2.05, 4.69) is 69.2 Å². The molecule has 29 heavy (non-hydrogen) atoms. The van der Waals surface area contributed by atoms with E-state index in [0.29, 0.717) is 5.82 Å². The van der Waals surface area contributed by atoms with E-state index in [1.54, 1.807) is 7.05 Å². The van der Waals surface area contributed by atoms with Crippen molar-refractivity contribution in [2.24, 2.45) is 7.05 Å². The van der Waals surface area contributed by atoms with Crippen LogP contribution in [0.25, 0.3) is 0 Å². The van der Waals surface area contributed by atoms with E-state index in [4.69, 9.17) is 4.74 Å². The number of carbonyl (C=O) groups excluding carboxylic acids is 1. The summed E-state index contributed by atoms with van der Waals surface area (Å²) in [6.45, 7) is 13.3. The Labute approximate surface area is 172 Å². The van der Waals surface area contributed by atoms with Crippen LogP contribution in [0.15, 0.2) is 23.0 Å². The van der Waals surface area contributed by atoms with Crippen molar-refractivity contribution in [1.82, 2.24) is 20.1 Å². The molecule has 0 fully saturated rings. The van der Waals surface area contributed by atoms with Gasteiger partial charge in [-0.1, -0.05) is 53.7 Å². The van der Waals surface area contributed by atoms with E-state index >= 15 is 0 Å². The van der Waals surface area contributed by atoms with Gasteiger partial charge in [0.15, 0.2) is 12.4 Å². The normalized spacial score (nSPS) is 12.1. The Hall–Kier alpha value is -2.57. The Morgan fingerprint density at radius 3 is 2.38 bits per heavy atom. The van der Waals surface area contributed by atoms with Gasteiger partial charge in [-0.3, -0.25) is 9.36 Å². The molecule has 2 rings (SSSR count). The fourth-order valence-corrected chi connectivity index (χ4v) is 2.91. The first-order valence-corrected chi connectivity index (χ1v) is 10.2. The first kappa shape index (κ1) is 22.7. The molecule has 0 unspecified atom stereocenters. The molecule has 1 heterocycles. The highest BCUT2D eigenvalue weighted by molar-refractivity contribution is 5.77. The maximum Gasteiger partial charge on any atom is 0.343 e. The monoisotopic (exact) mass is 402 g/mol. The summed E-state index contributed by atoms with van der Waals surface area (Å²) in [7, 11) is 1.60. The van der Waals surface area contributed by atoms with Crippen molar-refractivity contribution in [3.8, 4) is 5.75 Å². The molecule has 0 saturated heterocycles. The lowest BCUT2D eigenvalue weighted by atomic mass is 9.76. The largest absolute Gasteiger partial charge is 0.483 e. The number of rotatable bonds is 9. The molecule has 0 atom stereocenters. The van der Waals surface area contributed by atoms with E-state index in [1.165, 1.54) is 10.1 Å². The first-order valence-electron chi connectivity index (χ1n) is 10.2. The smallest absolute Gasteiger partial charge is 0.343 e. The van der Waals surface area contributed by atoms with Gasteiger partial charge in [0, 0.05) is 12.6 Å². The van der Waals surface area contributed by atoms with Crippen LogP contribution in [0.1, 0.15) is 71.3 Å². The van der Waals surface area contributed by atoms with E-state index in [1.807, 2.05) is 6.07 Å². The number of hydrogen-bond donors (Lipinski definition) is 2. The fourth-order valence-electron chi connectivity index (χ4n) is 2.91. The number of nitrogens with one attached hydrogen (secondary N) is 2. The third kappa shape index (κ3) is 5.28. The van der Waals surface area contributed by atoms with Gasteiger partial charge in [0.1, 0.15) is 5.75 Å². The molecule has 0 aliphatic carbocycles. The van der Waals surface area contributed by atoms with Crippen LogP contribution in [-0.2, 0) is 29.2 Å². The summed E-state index contributed by atoms with van der Waals surface area (Å²) < 4.78 is 7.26. The second kappa shape index (κ2) is 8.84. The molecule has 2 N–H and O–H groups in total. The molecule has 0 bridgehead atoms. The van der Waals surface area contributed by atoms with E-state index < -0.39 is 0 Å². The Morgan fingerprint density at radius 1 is 1.17 bits per heavy atom. The molecule has 1 aromatic heterocycles. The lowest BCUT2D eigenvalue weighted by Crippen LogP contribution is -2.30. The lowest BCUT2D eigenvalue weighted by Gasteiger charge is -2.30. The van der Waals surface area contributed by atoms with Crippen LogP contribution in [-0.4, -0.2) is 27.3 Å². The molecule has 0 aliphatic rings. The summed E-state index contributed by atoms with van der Waals surface area (Å²) in [6.07, 6.45) is 2.00. The second-order valence-electron chi connectivity index (χ2n) is 8.76. The number of hydrogen-bond acceptors (Lipinski definition) is 4. The molecule has 1 amide bonds. The zero-order valence-corrected chi connectivity index (χ0v) is 18.7. The zero-order chi connectivity index (χ0) is 21.8. The van der Waals surface area contributed by atoms with Crippen LogP contribution >= 0.6 is 0 Å². The number of benzene rings is 1. The number of carbonyl (C=O) groups is 1. The summed E-state index contributed by atoms with van der Waals surface area (Å²) >= 11 is 0. The number of H-pyrrole nitrogens is 1. The third-order valence-electron chi connectivity index (χ3n) is 6.03. The predicted octanol–water partition coefficient (Wildman–Crippen LogP) is 3.18. The van der Waals surface area contributed by atoms with Crippen molar-refractivity contribution in [3.05, 3.63) is 45.6 Å². The minimum Gasteiger partial charge on any atom is -0.483 e. The summed E-state index contributed by atoms with van der Waals surface area (Å²) in [5.41, 5.74) is 2.08. The van der Waals surface area contributed by atoms with Gasteiger partial charge in [0.05, 0.1) is 6.54 Å². The highest BCUT2D eigenvalue weighted by Crippen LogP contribution is 2.38. The van der Waals surface area contributed by atoms with Gasteiger partial charge in [0.2, 0.25) is 0 Å². The van der Waals surface area contributed by atoms with Crippen LogP contribution in [0.5, 0.6) is 5.75 Å². The molecule has 2 aromatic rings. The molecular weight excluding hydrogens is 368 g/mol. The Balaban J connectivity index is 2.13. The molecule has 0 spiro atoms. The van der Waals surface area contributed by atoms with Gasteiger partial charge in [-0.05, 0) is 35.3 Å². The standard InChI is InChI=1S/C22H34N4O3/c1-8-21(3,4)15-10-11-17(16(12-15)22(5,6)9-2)29-14-19(27)23-13-18-24-25-20(28)26(18)7/h10-12H,8-9,13-14H2,1-7H3,(H,23,27)(H,25,28). The number of aromatic amines is 1. The lowest BCUT2D eigenvalue weighted by molar-refractivity contribution is -0.123. The van der Waals surface area contributed by atoms with Crippen molar-refractivity contribution in [3.63, 3.8) is 0 Å². The van der Waals surface area contributed by atoms with Crippen molar-refractivity contribution < 1.29 is 9.53 Å². The summed E-state index contributed by atoms with van der Waals surface area (Å²) in [5.74, 6) is 0.927. The molecular formula is C22H34N4O3. The minimum absolute atomic E-state index is 0.0705. The summed E-state index contributed by atoms with van der Waals surface area (Å²) in [4.78, 5) is 23.6. The van der Waals surface area contributed by atoms with Gasteiger partial charge in [-0.2, -0.15) is 5.10 Å².